The average Bonchev–Trinajstić information content (AvgIpc) is 2.66. The van der Waals surface area contributed by atoms with Crippen LogP contribution in [0.3, 0.4) is 0 Å². The second-order valence-electron chi connectivity index (χ2n) is 6.68. The molecular weight excluding hydrogens is 426 g/mol. The smallest absolute Gasteiger partial charge is 0.159 e. The first-order valence-electron chi connectivity index (χ1n) is 8.91. The van der Waals surface area contributed by atoms with Crippen LogP contribution in [0.4, 0.5) is 14.6 Å². The van der Waals surface area contributed by atoms with Crippen LogP contribution < -0.4 is 5.32 Å². The summed E-state index contributed by atoms with van der Waals surface area (Å²) in [6, 6.07) is 9.57. The maximum Gasteiger partial charge on any atom is 0.159 e. The summed E-state index contributed by atoms with van der Waals surface area (Å²) < 4.78 is 27.4. The van der Waals surface area contributed by atoms with Gasteiger partial charge in [-0.1, -0.05) is 28.1 Å². The van der Waals surface area contributed by atoms with Crippen molar-refractivity contribution in [1.29, 1.82) is 0 Å². The molecule has 0 amide bonds. The molecule has 146 valence electrons. The van der Waals surface area contributed by atoms with Gasteiger partial charge in [-0.3, -0.25) is 0 Å². The van der Waals surface area contributed by atoms with Crippen molar-refractivity contribution in [2.75, 3.05) is 32.5 Å². The van der Waals surface area contributed by atoms with E-state index in [0.29, 0.717) is 11.4 Å². The molecule has 0 aliphatic carbocycles. The standard InChI is InChI=1S/C21H21BrF2N4/c1-28(2)11-3-10-25-21-16-13-15(22)6-8-19(16)26-20(27-21)9-5-14-4-7-17(23)18(24)12-14/h4-9,12-13H,3,10-11H2,1-2H3,(H,25,26,27). The molecule has 0 aliphatic rings. The third kappa shape index (κ3) is 5.33. The Balaban J connectivity index is 1.88. The van der Waals surface area contributed by atoms with E-state index in [9.17, 15) is 8.78 Å². The summed E-state index contributed by atoms with van der Waals surface area (Å²) in [6.07, 6.45) is 4.34. The first kappa shape index (κ1) is 20.4. The van der Waals surface area contributed by atoms with Crippen molar-refractivity contribution in [3.05, 3.63) is 63.9 Å². The Hall–Kier alpha value is -2.38. The van der Waals surface area contributed by atoms with Gasteiger partial charge < -0.3 is 10.2 Å². The zero-order chi connectivity index (χ0) is 20.1. The van der Waals surface area contributed by atoms with Gasteiger partial charge >= 0.3 is 0 Å². The zero-order valence-electron chi connectivity index (χ0n) is 15.7. The summed E-state index contributed by atoms with van der Waals surface area (Å²) in [7, 11) is 4.08. The van der Waals surface area contributed by atoms with Crippen LogP contribution in [0.25, 0.3) is 23.1 Å². The molecule has 3 rings (SSSR count). The summed E-state index contributed by atoms with van der Waals surface area (Å²) >= 11 is 3.49. The lowest BCUT2D eigenvalue weighted by Crippen LogP contribution is -2.17. The SMILES string of the molecule is CN(C)CCCNc1nc(C=Cc2ccc(F)c(F)c2)nc2ccc(Br)cc12. The maximum atomic E-state index is 13.4. The summed E-state index contributed by atoms with van der Waals surface area (Å²) in [6.45, 7) is 1.76. The molecule has 0 fully saturated rings. The maximum absolute atomic E-state index is 13.4. The Morgan fingerprint density at radius 2 is 1.86 bits per heavy atom. The zero-order valence-corrected chi connectivity index (χ0v) is 17.3. The van der Waals surface area contributed by atoms with Crippen molar-refractivity contribution in [3.8, 4) is 0 Å². The Kier molecular flexibility index (Phi) is 6.70. The van der Waals surface area contributed by atoms with E-state index in [-0.39, 0.29) is 0 Å². The van der Waals surface area contributed by atoms with Gasteiger partial charge in [0, 0.05) is 16.4 Å². The van der Waals surface area contributed by atoms with Crippen LogP contribution in [0.2, 0.25) is 0 Å². The number of halogens is 3. The van der Waals surface area contributed by atoms with E-state index < -0.39 is 11.6 Å². The number of benzene rings is 2. The highest BCUT2D eigenvalue weighted by molar-refractivity contribution is 9.10. The quantitative estimate of drug-likeness (QED) is 0.506. The number of hydrogen-bond donors (Lipinski definition) is 1. The second-order valence-corrected chi connectivity index (χ2v) is 7.60. The van der Waals surface area contributed by atoms with Gasteiger partial charge in [0.2, 0.25) is 0 Å². The number of nitrogens with one attached hydrogen (secondary N) is 1. The Morgan fingerprint density at radius 1 is 1.04 bits per heavy atom. The monoisotopic (exact) mass is 446 g/mol. The Labute approximate surface area is 171 Å². The minimum absolute atomic E-state index is 0.495. The van der Waals surface area contributed by atoms with Crippen LogP contribution in [-0.2, 0) is 0 Å². The van der Waals surface area contributed by atoms with Crippen molar-refractivity contribution >= 4 is 44.8 Å². The van der Waals surface area contributed by atoms with Gasteiger partial charge in [-0.25, -0.2) is 18.7 Å². The van der Waals surface area contributed by atoms with Crippen molar-refractivity contribution < 1.29 is 8.78 Å². The van der Waals surface area contributed by atoms with E-state index in [1.165, 1.54) is 6.07 Å². The lowest BCUT2D eigenvalue weighted by molar-refractivity contribution is 0.405. The van der Waals surface area contributed by atoms with Crippen molar-refractivity contribution in [2.45, 2.75) is 6.42 Å². The predicted molar refractivity (Wildman–Crippen MR) is 114 cm³/mol. The normalized spacial score (nSPS) is 11.6. The topological polar surface area (TPSA) is 41.0 Å². The molecule has 28 heavy (non-hydrogen) atoms. The summed E-state index contributed by atoms with van der Waals surface area (Å²) in [4.78, 5) is 11.3. The van der Waals surface area contributed by atoms with Crippen LogP contribution in [-0.4, -0.2) is 42.1 Å². The molecule has 0 radical (unpaired) electrons. The minimum Gasteiger partial charge on any atom is -0.369 e. The molecule has 0 aliphatic heterocycles. The van der Waals surface area contributed by atoms with E-state index >= 15 is 0 Å². The molecule has 0 saturated heterocycles. The third-order valence-corrected chi connectivity index (χ3v) is 4.61. The molecule has 4 nitrogen and oxygen atoms in total. The first-order chi connectivity index (χ1) is 13.4. The molecule has 0 bridgehead atoms. The summed E-state index contributed by atoms with van der Waals surface area (Å²) in [5.74, 6) is -0.506. The van der Waals surface area contributed by atoms with E-state index in [4.69, 9.17) is 0 Å². The molecule has 0 atom stereocenters. The van der Waals surface area contributed by atoms with Gasteiger partial charge in [0.25, 0.3) is 0 Å². The van der Waals surface area contributed by atoms with Gasteiger partial charge in [0.15, 0.2) is 17.5 Å². The highest BCUT2D eigenvalue weighted by atomic mass is 79.9. The predicted octanol–water partition coefficient (Wildman–Crippen LogP) is 5.20. The van der Waals surface area contributed by atoms with Gasteiger partial charge in [0.1, 0.15) is 5.82 Å². The lowest BCUT2D eigenvalue weighted by Gasteiger charge is -2.12. The minimum atomic E-state index is -0.880. The fourth-order valence-corrected chi connectivity index (χ4v) is 3.08. The van der Waals surface area contributed by atoms with E-state index in [0.717, 1.165) is 52.8 Å². The van der Waals surface area contributed by atoms with Crippen LogP contribution in [0, 0.1) is 11.6 Å². The molecule has 0 spiro atoms. The van der Waals surface area contributed by atoms with E-state index in [1.54, 1.807) is 12.2 Å². The number of hydrogen-bond acceptors (Lipinski definition) is 4. The largest absolute Gasteiger partial charge is 0.369 e. The molecule has 0 unspecified atom stereocenters. The number of fused-ring (bicyclic) bond motifs is 1. The second kappa shape index (κ2) is 9.21. The van der Waals surface area contributed by atoms with Gasteiger partial charge in [-0.2, -0.15) is 0 Å². The summed E-state index contributed by atoms with van der Waals surface area (Å²) in [5, 5.41) is 4.30. The lowest BCUT2D eigenvalue weighted by atomic mass is 10.2. The molecule has 7 heteroatoms. The molecule has 1 heterocycles. The first-order valence-corrected chi connectivity index (χ1v) is 9.71. The van der Waals surface area contributed by atoms with Gasteiger partial charge in [-0.15, -0.1) is 0 Å². The summed E-state index contributed by atoms with van der Waals surface area (Å²) in [5.41, 5.74) is 1.34. The molecular formula is C21H21BrF2N4. The fraction of sp³-hybridized carbons (Fsp3) is 0.238. The van der Waals surface area contributed by atoms with Crippen molar-refractivity contribution in [3.63, 3.8) is 0 Å². The molecule has 1 aromatic heterocycles. The highest BCUT2D eigenvalue weighted by Crippen LogP contribution is 2.25. The van der Waals surface area contributed by atoms with E-state index in [1.807, 2.05) is 32.3 Å². The number of rotatable bonds is 7. The van der Waals surface area contributed by atoms with Crippen molar-refractivity contribution in [1.82, 2.24) is 14.9 Å². The average molecular weight is 447 g/mol. The van der Waals surface area contributed by atoms with Gasteiger partial charge in [-0.05, 0) is 69.0 Å². The van der Waals surface area contributed by atoms with Crippen LogP contribution in [0.15, 0.2) is 40.9 Å². The third-order valence-electron chi connectivity index (χ3n) is 4.12. The van der Waals surface area contributed by atoms with Gasteiger partial charge in [0.05, 0.1) is 5.52 Å². The highest BCUT2D eigenvalue weighted by Gasteiger charge is 2.07. The number of anilines is 1. The number of aromatic nitrogens is 2. The Morgan fingerprint density at radius 3 is 2.61 bits per heavy atom. The molecule has 1 N–H and O–H groups in total. The van der Waals surface area contributed by atoms with Crippen LogP contribution in [0.1, 0.15) is 17.8 Å². The molecule has 0 saturated carbocycles. The number of nitrogens with zero attached hydrogens (tertiary/aromatic N) is 3. The van der Waals surface area contributed by atoms with Crippen LogP contribution >= 0.6 is 15.9 Å². The fourth-order valence-electron chi connectivity index (χ4n) is 2.72. The van der Waals surface area contributed by atoms with Crippen LogP contribution in [0.5, 0.6) is 0 Å². The Bertz CT molecular complexity index is 1010. The van der Waals surface area contributed by atoms with E-state index in [2.05, 4.69) is 36.1 Å². The molecule has 3 aromatic rings. The van der Waals surface area contributed by atoms with Crippen molar-refractivity contribution in [2.24, 2.45) is 0 Å². The molecule has 2 aromatic carbocycles.